The molecule has 0 saturated carbocycles. The van der Waals surface area contributed by atoms with Gasteiger partial charge in [-0.25, -0.2) is 13.1 Å². The van der Waals surface area contributed by atoms with Gasteiger partial charge < -0.3 is 9.47 Å². The van der Waals surface area contributed by atoms with Crippen LogP contribution in [0.15, 0.2) is 4.90 Å². The van der Waals surface area contributed by atoms with E-state index in [1.807, 2.05) is 0 Å². The number of sulfonamides is 1. The van der Waals surface area contributed by atoms with Crippen molar-refractivity contribution in [2.24, 2.45) is 7.05 Å². The van der Waals surface area contributed by atoms with Gasteiger partial charge in [-0.2, -0.15) is 5.10 Å². The molecular formula is C13H22ClN3O4S. The topological polar surface area (TPSA) is 82.5 Å². The maximum atomic E-state index is 12.2. The molecular weight excluding hydrogens is 330 g/mol. The number of hydrogen-bond acceptors (Lipinski definition) is 5. The van der Waals surface area contributed by atoms with E-state index in [1.54, 1.807) is 14.0 Å². The predicted octanol–water partition coefficient (Wildman–Crippen LogP) is 1.25. The fraction of sp³-hybridized carbons (Fsp3) is 0.769. The Balaban J connectivity index is 1.73. The summed E-state index contributed by atoms with van der Waals surface area (Å²) in [4.78, 5) is 0.0388. The zero-order chi connectivity index (χ0) is 16.2. The van der Waals surface area contributed by atoms with Crippen molar-refractivity contribution in [1.29, 1.82) is 0 Å². The first-order valence-electron chi connectivity index (χ1n) is 7.30. The molecule has 0 bridgehead atoms. The summed E-state index contributed by atoms with van der Waals surface area (Å²) in [6, 6.07) is 0. The number of rotatable bonds is 8. The number of aryl methyl sites for hydroxylation is 2. The Morgan fingerprint density at radius 3 is 2.91 bits per heavy atom. The van der Waals surface area contributed by atoms with Gasteiger partial charge in [-0.3, -0.25) is 4.68 Å². The van der Waals surface area contributed by atoms with Crippen molar-refractivity contribution in [1.82, 2.24) is 14.5 Å². The van der Waals surface area contributed by atoms with Crippen LogP contribution in [0.2, 0.25) is 5.15 Å². The zero-order valence-corrected chi connectivity index (χ0v) is 14.4. The molecule has 0 aliphatic carbocycles. The molecule has 0 aromatic carbocycles. The van der Waals surface area contributed by atoms with Crippen LogP contribution in [0.4, 0.5) is 0 Å². The molecule has 1 aromatic heterocycles. The number of halogens is 1. The Labute approximate surface area is 136 Å². The predicted molar refractivity (Wildman–Crippen MR) is 82.6 cm³/mol. The minimum Gasteiger partial charge on any atom is -0.379 e. The standard InChI is InChI=1S/C13H22ClN3O4S/c1-10-12(13(14)17(2)16-10)22(18,19)15-6-4-7-20-9-11-5-3-8-21-11/h11,15H,3-9H2,1-2H3. The average Bonchev–Trinajstić information content (AvgIpc) is 3.03. The third kappa shape index (κ3) is 4.42. The molecule has 2 rings (SSSR count). The molecule has 0 radical (unpaired) electrons. The van der Waals surface area contributed by atoms with E-state index in [1.165, 1.54) is 4.68 Å². The van der Waals surface area contributed by atoms with Gasteiger partial charge in [0.25, 0.3) is 0 Å². The summed E-state index contributed by atoms with van der Waals surface area (Å²) < 4.78 is 39.2. The smallest absolute Gasteiger partial charge is 0.245 e. The second-order valence-electron chi connectivity index (χ2n) is 5.29. The molecule has 2 heterocycles. The van der Waals surface area contributed by atoms with E-state index in [-0.39, 0.29) is 16.2 Å². The molecule has 0 amide bonds. The molecule has 22 heavy (non-hydrogen) atoms. The van der Waals surface area contributed by atoms with Crippen molar-refractivity contribution in [2.75, 3.05) is 26.4 Å². The van der Waals surface area contributed by atoms with Gasteiger partial charge in [-0.15, -0.1) is 0 Å². The van der Waals surface area contributed by atoms with Crippen LogP contribution in [0.1, 0.15) is 25.0 Å². The average molecular weight is 352 g/mol. The largest absolute Gasteiger partial charge is 0.379 e. The van der Waals surface area contributed by atoms with Gasteiger partial charge >= 0.3 is 0 Å². The van der Waals surface area contributed by atoms with Crippen LogP contribution in [-0.2, 0) is 26.5 Å². The van der Waals surface area contributed by atoms with Crippen LogP contribution in [0, 0.1) is 6.92 Å². The highest BCUT2D eigenvalue weighted by atomic mass is 35.5. The summed E-state index contributed by atoms with van der Waals surface area (Å²) >= 11 is 5.98. The van der Waals surface area contributed by atoms with Gasteiger partial charge in [0.1, 0.15) is 10.0 Å². The van der Waals surface area contributed by atoms with E-state index in [0.717, 1.165) is 19.4 Å². The van der Waals surface area contributed by atoms with Crippen molar-refractivity contribution in [3.05, 3.63) is 10.8 Å². The Morgan fingerprint density at radius 2 is 2.32 bits per heavy atom. The summed E-state index contributed by atoms with van der Waals surface area (Å²) in [5, 5.41) is 4.12. The summed E-state index contributed by atoms with van der Waals surface area (Å²) in [5.41, 5.74) is 0.384. The summed E-state index contributed by atoms with van der Waals surface area (Å²) in [6.45, 7) is 3.77. The first-order valence-corrected chi connectivity index (χ1v) is 9.16. The lowest BCUT2D eigenvalue weighted by atomic mass is 10.2. The Kier molecular flexibility index (Phi) is 6.22. The van der Waals surface area contributed by atoms with Gasteiger partial charge in [0.05, 0.1) is 18.4 Å². The first kappa shape index (κ1) is 17.7. The molecule has 0 spiro atoms. The monoisotopic (exact) mass is 351 g/mol. The fourth-order valence-corrected chi connectivity index (χ4v) is 4.18. The molecule has 1 aromatic rings. The zero-order valence-electron chi connectivity index (χ0n) is 12.8. The van der Waals surface area contributed by atoms with E-state index in [2.05, 4.69) is 9.82 Å². The fourth-order valence-electron chi connectivity index (χ4n) is 2.36. The first-order chi connectivity index (χ1) is 10.4. The van der Waals surface area contributed by atoms with E-state index >= 15 is 0 Å². The molecule has 1 fully saturated rings. The molecule has 7 nitrogen and oxygen atoms in total. The highest BCUT2D eigenvalue weighted by Crippen LogP contribution is 2.23. The van der Waals surface area contributed by atoms with Crippen LogP contribution >= 0.6 is 11.6 Å². The normalized spacial score (nSPS) is 19.0. The number of ether oxygens (including phenoxy) is 2. The Morgan fingerprint density at radius 1 is 1.55 bits per heavy atom. The van der Waals surface area contributed by atoms with Crippen LogP contribution in [0.3, 0.4) is 0 Å². The molecule has 9 heteroatoms. The minimum atomic E-state index is -3.65. The highest BCUT2D eigenvalue weighted by Gasteiger charge is 2.24. The maximum Gasteiger partial charge on any atom is 0.245 e. The van der Waals surface area contributed by atoms with Crippen molar-refractivity contribution in [3.63, 3.8) is 0 Å². The SMILES string of the molecule is Cc1nn(C)c(Cl)c1S(=O)(=O)NCCCOCC1CCCO1. The van der Waals surface area contributed by atoms with Crippen molar-refractivity contribution in [2.45, 2.75) is 37.2 Å². The van der Waals surface area contributed by atoms with Crippen LogP contribution in [0.25, 0.3) is 0 Å². The second kappa shape index (κ2) is 7.74. The summed E-state index contributed by atoms with van der Waals surface area (Å²) in [5.74, 6) is 0. The second-order valence-corrected chi connectivity index (χ2v) is 7.35. The number of nitrogens with zero attached hydrogens (tertiary/aromatic N) is 2. The Hall–Kier alpha value is -0.670. The van der Waals surface area contributed by atoms with Gasteiger partial charge in [-0.05, 0) is 26.2 Å². The van der Waals surface area contributed by atoms with Gasteiger partial charge in [0, 0.05) is 26.8 Å². The lowest BCUT2D eigenvalue weighted by molar-refractivity contribution is 0.0169. The molecule has 1 saturated heterocycles. The number of hydrogen-bond donors (Lipinski definition) is 1. The number of nitrogens with one attached hydrogen (secondary N) is 1. The number of aromatic nitrogens is 2. The van der Waals surface area contributed by atoms with E-state index in [4.69, 9.17) is 21.1 Å². The third-order valence-corrected chi connectivity index (χ3v) is 5.61. The van der Waals surface area contributed by atoms with Gasteiger partial charge in [-0.1, -0.05) is 11.6 Å². The van der Waals surface area contributed by atoms with Crippen molar-refractivity contribution in [3.8, 4) is 0 Å². The third-order valence-electron chi connectivity index (χ3n) is 3.45. The van der Waals surface area contributed by atoms with Crippen molar-refractivity contribution < 1.29 is 17.9 Å². The molecule has 1 unspecified atom stereocenters. The molecule has 1 aliphatic heterocycles. The summed E-state index contributed by atoms with van der Waals surface area (Å²) in [6.07, 6.45) is 2.89. The molecule has 1 N–H and O–H groups in total. The van der Waals surface area contributed by atoms with E-state index < -0.39 is 10.0 Å². The molecule has 1 aliphatic rings. The van der Waals surface area contributed by atoms with E-state index in [0.29, 0.717) is 31.9 Å². The van der Waals surface area contributed by atoms with E-state index in [9.17, 15) is 8.42 Å². The summed E-state index contributed by atoms with van der Waals surface area (Å²) in [7, 11) is -2.04. The molecule has 1 atom stereocenters. The van der Waals surface area contributed by atoms with Gasteiger partial charge in [0.15, 0.2) is 0 Å². The quantitative estimate of drug-likeness (QED) is 0.713. The van der Waals surface area contributed by atoms with Crippen LogP contribution in [0.5, 0.6) is 0 Å². The molecule has 126 valence electrons. The maximum absolute atomic E-state index is 12.2. The minimum absolute atomic E-state index is 0.0388. The lowest BCUT2D eigenvalue weighted by Gasteiger charge is -2.10. The van der Waals surface area contributed by atoms with Crippen LogP contribution < -0.4 is 4.72 Å². The lowest BCUT2D eigenvalue weighted by Crippen LogP contribution is -2.26. The highest BCUT2D eigenvalue weighted by molar-refractivity contribution is 7.89. The van der Waals surface area contributed by atoms with Gasteiger partial charge in [0.2, 0.25) is 10.0 Å². The van der Waals surface area contributed by atoms with Crippen molar-refractivity contribution >= 4 is 21.6 Å². The van der Waals surface area contributed by atoms with Crippen LogP contribution in [-0.4, -0.2) is 50.7 Å². The Bertz CT molecular complexity index is 597.